The molecular weight excluding hydrogens is 248 g/mol. The number of carbonyl (C=O) groups excluding carboxylic acids is 1. The fourth-order valence-corrected chi connectivity index (χ4v) is 1.47. The maximum absolute atomic E-state index is 12.9. The Morgan fingerprint density at radius 2 is 2.22 bits per heavy atom. The Labute approximate surface area is 102 Å². The molecule has 0 saturated carbocycles. The molecule has 0 fully saturated rings. The third-order valence-corrected chi connectivity index (χ3v) is 2.17. The van der Waals surface area contributed by atoms with Gasteiger partial charge in [-0.2, -0.15) is 0 Å². The fraction of sp³-hybridized carbons (Fsp3) is 0.455. The van der Waals surface area contributed by atoms with Crippen LogP contribution in [0.1, 0.15) is 24.6 Å². The van der Waals surface area contributed by atoms with Crippen molar-refractivity contribution in [3.63, 3.8) is 0 Å². The lowest BCUT2D eigenvalue weighted by Gasteiger charge is -2.13. The number of ether oxygens (including phenoxy) is 2. The Morgan fingerprint density at radius 3 is 2.72 bits per heavy atom. The van der Waals surface area contributed by atoms with Gasteiger partial charge in [-0.15, -0.1) is 0 Å². The van der Waals surface area contributed by atoms with Crippen molar-refractivity contribution in [2.75, 3.05) is 13.7 Å². The molecular formula is C11H13F2NO4. The summed E-state index contributed by atoms with van der Waals surface area (Å²) in [7, 11) is 1.15. The van der Waals surface area contributed by atoms with Gasteiger partial charge in [-0.1, -0.05) is 0 Å². The average molecular weight is 261 g/mol. The summed E-state index contributed by atoms with van der Waals surface area (Å²) in [5, 5.41) is 9.37. The van der Waals surface area contributed by atoms with Crippen molar-refractivity contribution in [3.05, 3.63) is 17.5 Å². The van der Waals surface area contributed by atoms with E-state index in [0.29, 0.717) is 0 Å². The van der Waals surface area contributed by atoms with Crippen LogP contribution in [0, 0.1) is 0 Å². The first-order valence-electron chi connectivity index (χ1n) is 5.19. The van der Waals surface area contributed by atoms with Crippen LogP contribution in [0.15, 0.2) is 6.20 Å². The summed E-state index contributed by atoms with van der Waals surface area (Å²) in [6, 6.07) is 0. The van der Waals surface area contributed by atoms with Crippen molar-refractivity contribution in [1.82, 2.24) is 4.98 Å². The van der Waals surface area contributed by atoms with E-state index in [1.165, 1.54) is 0 Å². The molecule has 0 atom stereocenters. The van der Waals surface area contributed by atoms with Crippen LogP contribution in [-0.2, 0) is 16.0 Å². The smallest absolute Gasteiger partial charge is 0.311 e. The number of hydrogen-bond donors (Lipinski definition) is 1. The van der Waals surface area contributed by atoms with Gasteiger partial charge in [0.15, 0.2) is 11.5 Å². The van der Waals surface area contributed by atoms with Crippen LogP contribution >= 0.6 is 0 Å². The summed E-state index contributed by atoms with van der Waals surface area (Å²) >= 11 is 0. The number of alkyl halides is 2. The monoisotopic (exact) mass is 261 g/mol. The normalized spacial score (nSPS) is 10.5. The van der Waals surface area contributed by atoms with E-state index >= 15 is 0 Å². The molecule has 0 spiro atoms. The van der Waals surface area contributed by atoms with E-state index in [4.69, 9.17) is 4.74 Å². The summed E-state index contributed by atoms with van der Waals surface area (Å²) < 4.78 is 35.2. The Kier molecular flexibility index (Phi) is 4.82. The quantitative estimate of drug-likeness (QED) is 0.819. The van der Waals surface area contributed by atoms with Crippen molar-refractivity contribution in [1.29, 1.82) is 0 Å². The largest absolute Gasteiger partial charge is 0.503 e. The molecule has 1 aromatic rings. The van der Waals surface area contributed by atoms with Gasteiger partial charge in [-0.05, 0) is 6.92 Å². The van der Waals surface area contributed by atoms with Crippen LogP contribution in [0.25, 0.3) is 0 Å². The second-order valence-electron chi connectivity index (χ2n) is 3.32. The van der Waals surface area contributed by atoms with Gasteiger partial charge >= 0.3 is 5.97 Å². The first kappa shape index (κ1) is 14.1. The zero-order chi connectivity index (χ0) is 13.7. The molecule has 100 valence electrons. The van der Waals surface area contributed by atoms with Gasteiger partial charge in [-0.25, -0.2) is 8.78 Å². The number of aromatic hydroxyl groups is 1. The Balaban J connectivity index is 3.15. The van der Waals surface area contributed by atoms with Crippen LogP contribution in [0.3, 0.4) is 0 Å². The van der Waals surface area contributed by atoms with Crippen LogP contribution in [-0.4, -0.2) is 29.8 Å². The third-order valence-electron chi connectivity index (χ3n) is 2.17. The first-order chi connectivity index (χ1) is 8.51. The van der Waals surface area contributed by atoms with Crippen molar-refractivity contribution in [2.45, 2.75) is 19.8 Å². The van der Waals surface area contributed by atoms with Crippen molar-refractivity contribution in [3.8, 4) is 11.5 Å². The minimum absolute atomic E-state index is 0.151. The van der Waals surface area contributed by atoms with Crippen LogP contribution in [0.5, 0.6) is 11.5 Å². The number of halogens is 2. The number of aromatic nitrogens is 1. The van der Waals surface area contributed by atoms with Gasteiger partial charge in [0, 0.05) is 0 Å². The highest BCUT2D eigenvalue weighted by atomic mass is 19.3. The highest BCUT2D eigenvalue weighted by Gasteiger charge is 2.24. The summed E-state index contributed by atoms with van der Waals surface area (Å²) in [5.41, 5.74) is -0.761. The molecule has 0 amide bonds. The molecule has 0 aliphatic carbocycles. The molecule has 18 heavy (non-hydrogen) atoms. The number of esters is 1. The van der Waals surface area contributed by atoms with Gasteiger partial charge in [0.05, 0.1) is 37.6 Å². The van der Waals surface area contributed by atoms with Gasteiger partial charge in [-0.3, -0.25) is 9.78 Å². The van der Waals surface area contributed by atoms with E-state index in [1.54, 1.807) is 6.92 Å². The Morgan fingerprint density at radius 1 is 1.56 bits per heavy atom. The van der Waals surface area contributed by atoms with Crippen molar-refractivity contribution >= 4 is 5.97 Å². The second kappa shape index (κ2) is 6.13. The molecule has 0 aromatic carbocycles. The van der Waals surface area contributed by atoms with E-state index in [9.17, 15) is 18.7 Å². The third kappa shape index (κ3) is 3.06. The van der Waals surface area contributed by atoms with Gasteiger partial charge in [0.25, 0.3) is 6.43 Å². The van der Waals surface area contributed by atoms with E-state index < -0.39 is 30.1 Å². The molecule has 0 saturated heterocycles. The van der Waals surface area contributed by atoms with E-state index in [1.807, 2.05) is 0 Å². The molecule has 0 radical (unpaired) electrons. The molecule has 1 rings (SSSR count). The predicted octanol–water partition coefficient (Wildman–Crippen LogP) is 1.84. The van der Waals surface area contributed by atoms with Gasteiger partial charge in [0.2, 0.25) is 0 Å². The number of methoxy groups -OCH3 is 1. The van der Waals surface area contributed by atoms with Gasteiger partial charge < -0.3 is 14.6 Å². The van der Waals surface area contributed by atoms with E-state index in [0.717, 1.165) is 13.3 Å². The maximum atomic E-state index is 12.9. The number of rotatable bonds is 5. The minimum atomic E-state index is -2.91. The number of pyridine rings is 1. The molecule has 0 unspecified atom stereocenters. The van der Waals surface area contributed by atoms with Crippen LogP contribution in [0.4, 0.5) is 8.78 Å². The molecule has 0 aliphatic heterocycles. The number of nitrogens with zero attached hydrogens (tertiary/aromatic N) is 1. The number of carbonyl (C=O) groups is 1. The topological polar surface area (TPSA) is 68.7 Å². The van der Waals surface area contributed by atoms with E-state index in [-0.39, 0.29) is 18.1 Å². The van der Waals surface area contributed by atoms with E-state index in [2.05, 4.69) is 9.72 Å². The lowest BCUT2D eigenvalue weighted by atomic mass is 10.1. The summed E-state index contributed by atoms with van der Waals surface area (Å²) in [6.07, 6.45) is -2.35. The standard InChI is InChI=1S/C11H13F2NO4/c1-3-18-8(16)4-6-9(11(12)13)10(17-2)7(15)5-14-6/h5,11,15H,3-4H2,1-2H3. The molecule has 7 heteroatoms. The first-order valence-corrected chi connectivity index (χ1v) is 5.19. The molecule has 1 aromatic heterocycles. The lowest BCUT2D eigenvalue weighted by Crippen LogP contribution is -2.12. The summed E-state index contributed by atoms with van der Waals surface area (Å²) in [5.74, 6) is -1.54. The van der Waals surface area contributed by atoms with Crippen LogP contribution in [0.2, 0.25) is 0 Å². The zero-order valence-electron chi connectivity index (χ0n) is 9.94. The molecule has 1 N–H and O–H groups in total. The molecule has 5 nitrogen and oxygen atoms in total. The maximum Gasteiger partial charge on any atom is 0.311 e. The minimum Gasteiger partial charge on any atom is -0.503 e. The van der Waals surface area contributed by atoms with Crippen LogP contribution < -0.4 is 4.74 Å². The molecule has 0 aliphatic rings. The lowest BCUT2D eigenvalue weighted by molar-refractivity contribution is -0.142. The summed E-state index contributed by atoms with van der Waals surface area (Å²) in [6.45, 7) is 1.76. The molecule has 0 bridgehead atoms. The predicted molar refractivity (Wildman–Crippen MR) is 57.7 cm³/mol. The SMILES string of the molecule is CCOC(=O)Cc1ncc(O)c(OC)c1C(F)F. The molecule has 1 heterocycles. The second-order valence-corrected chi connectivity index (χ2v) is 3.32. The number of hydrogen-bond acceptors (Lipinski definition) is 5. The van der Waals surface area contributed by atoms with Crippen molar-refractivity contribution < 1.29 is 28.2 Å². The fourth-order valence-electron chi connectivity index (χ4n) is 1.47. The Hall–Kier alpha value is -1.92. The van der Waals surface area contributed by atoms with Gasteiger partial charge in [0.1, 0.15) is 0 Å². The van der Waals surface area contributed by atoms with Crippen molar-refractivity contribution in [2.24, 2.45) is 0 Å². The Bertz CT molecular complexity index is 437. The zero-order valence-corrected chi connectivity index (χ0v) is 9.94. The highest BCUT2D eigenvalue weighted by Crippen LogP contribution is 2.37. The highest BCUT2D eigenvalue weighted by molar-refractivity contribution is 5.73. The summed E-state index contributed by atoms with van der Waals surface area (Å²) in [4.78, 5) is 14.9. The average Bonchev–Trinajstić information content (AvgIpc) is 2.30.